The first-order valence-corrected chi connectivity index (χ1v) is 10.4. The van der Waals surface area contributed by atoms with Gasteiger partial charge in [-0.15, -0.1) is 0 Å². The van der Waals surface area contributed by atoms with E-state index in [1.54, 1.807) is 0 Å². The van der Waals surface area contributed by atoms with Gasteiger partial charge in [0.25, 0.3) is 0 Å². The molecule has 0 aliphatic heterocycles. The fourth-order valence-electron chi connectivity index (χ4n) is 4.49. The molecule has 6 aromatic carbocycles. The van der Waals surface area contributed by atoms with Gasteiger partial charge in [-0.2, -0.15) is 0 Å². The van der Waals surface area contributed by atoms with Gasteiger partial charge >= 0.3 is 0 Å². The summed E-state index contributed by atoms with van der Waals surface area (Å²) in [6, 6.07) is 43.9. The van der Waals surface area contributed by atoms with E-state index in [-0.39, 0.29) is 0 Å². The molecule has 0 saturated heterocycles. The molecule has 0 aliphatic rings. The van der Waals surface area contributed by atoms with E-state index in [4.69, 9.17) is 0 Å². The van der Waals surface area contributed by atoms with Crippen molar-refractivity contribution in [1.29, 1.82) is 0 Å². The number of hydrogen-bond donors (Lipinski definition) is 0. The van der Waals surface area contributed by atoms with Crippen molar-refractivity contribution in [3.8, 4) is 22.3 Å². The summed E-state index contributed by atoms with van der Waals surface area (Å²) in [7, 11) is 0. The van der Waals surface area contributed by atoms with Gasteiger partial charge in [0.2, 0.25) is 0 Å². The number of hydrogen-bond acceptors (Lipinski definition) is 0. The first-order chi connectivity index (χ1) is 14.9. The zero-order valence-electron chi connectivity index (χ0n) is 16.5. The van der Waals surface area contributed by atoms with Gasteiger partial charge in [-0.25, -0.2) is 0 Å². The maximum Gasteiger partial charge on any atom is -0.00264 e. The van der Waals surface area contributed by atoms with Crippen LogP contribution in [0.2, 0.25) is 0 Å². The van der Waals surface area contributed by atoms with E-state index in [0.29, 0.717) is 0 Å². The highest BCUT2D eigenvalue weighted by atomic mass is 14.1. The van der Waals surface area contributed by atoms with Crippen LogP contribution >= 0.6 is 0 Å². The molecule has 0 N–H and O–H groups in total. The molecule has 30 heavy (non-hydrogen) atoms. The van der Waals surface area contributed by atoms with E-state index in [1.807, 2.05) is 0 Å². The molecule has 0 nitrogen and oxygen atoms in total. The molecule has 0 heterocycles. The Morgan fingerprint density at radius 3 is 1.17 bits per heavy atom. The van der Waals surface area contributed by atoms with E-state index < -0.39 is 0 Å². The average Bonchev–Trinajstić information content (AvgIpc) is 2.84. The average molecular weight is 380 g/mol. The van der Waals surface area contributed by atoms with Crippen molar-refractivity contribution in [2.75, 3.05) is 0 Å². The highest BCUT2D eigenvalue weighted by Gasteiger charge is 2.09. The third kappa shape index (κ3) is 2.77. The predicted molar refractivity (Wildman–Crippen MR) is 130 cm³/mol. The van der Waals surface area contributed by atoms with Crippen LogP contribution < -0.4 is 0 Å². The first-order valence-electron chi connectivity index (χ1n) is 10.4. The summed E-state index contributed by atoms with van der Waals surface area (Å²) < 4.78 is 0. The smallest absolute Gasteiger partial charge is 0.00264 e. The number of benzene rings is 6. The topological polar surface area (TPSA) is 0 Å². The number of fused-ring (bicyclic) bond motifs is 5. The Balaban J connectivity index is 1.69. The summed E-state index contributed by atoms with van der Waals surface area (Å²) in [5.41, 5.74) is 5.02. The number of rotatable bonds is 2. The molecule has 0 atom stereocenters. The van der Waals surface area contributed by atoms with Crippen molar-refractivity contribution in [3.05, 3.63) is 121 Å². The molecule has 0 saturated carbocycles. The predicted octanol–water partition coefficient (Wildman–Crippen LogP) is 8.48. The molecule has 0 aromatic heterocycles. The highest BCUT2D eigenvalue weighted by Crippen LogP contribution is 2.36. The monoisotopic (exact) mass is 380 g/mol. The molecule has 0 bridgehead atoms. The molecule has 0 unspecified atom stereocenters. The largest absolute Gasteiger partial charge is 0.0622 e. The molecular weight excluding hydrogens is 360 g/mol. The van der Waals surface area contributed by atoms with E-state index in [1.165, 1.54) is 54.6 Å². The molecule has 0 amide bonds. The van der Waals surface area contributed by atoms with E-state index >= 15 is 0 Å². The lowest BCUT2D eigenvalue weighted by Crippen LogP contribution is -1.85. The minimum Gasteiger partial charge on any atom is -0.0622 e. The Kier molecular flexibility index (Phi) is 3.89. The Hall–Kier alpha value is -3.90. The zero-order valence-corrected chi connectivity index (χ0v) is 16.5. The van der Waals surface area contributed by atoms with Crippen LogP contribution in [-0.2, 0) is 0 Å². The maximum atomic E-state index is 2.35. The summed E-state index contributed by atoms with van der Waals surface area (Å²) in [6.07, 6.45) is 0. The van der Waals surface area contributed by atoms with Crippen LogP contribution in [0.3, 0.4) is 0 Å². The minimum absolute atomic E-state index is 1.25. The Labute approximate surface area is 176 Å². The van der Waals surface area contributed by atoms with E-state index in [9.17, 15) is 0 Å². The van der Waals surface area contributed by atoms with Crippen LogP contribution in [0, 0.1) is 0 Å². The standard InChI is InChI=1S/C30H20/c1-3-7-21(8-4-1)26-17-13-23-11-15-25-16-12-24-14-18-27(22-9-5-2-6-10-22)20-29(24)30(25)28(23)19-26/h1-20H. The summed E-state index contributed by atoms with van der Waals surface area (Å²) in [6.45, 7) is 0. The van der Waals surface area contributed by atoms with Crippen molar-refractivity contribution in [3.63, 3.8) is 0 Å². The van der Waals surface area contributed by atoms with Gasteiger partial charge in [-0.1, -0.05) is 109 Å². The van der Waals surface area contributed by atoms with Crippen molar-refractivity contribution in [2.45, 2.75) is 0 Å². The lowest BCUT2D eigenvalue weighted by atomic mass is 9.92. The Morgan fingerprint density at radius 1 is 0.300 bits per heavy atom. The lowest BCUT2D eigenvalue weighted by Gasteiger charge is -2.12. The summed E-state index contributed by atoms with van der Waals surface area (Å²) >= 11 is 0. The van der Waals surface area contributed by atoms with Crippen molar-refractivity contribution in [1.82, 2.24) is 0 Å². The van der Waals surface area contributed by atoms with Gasteiger partial charge in [0.05, 0.1) is 0 Å². The molecule has 140 valence electrons. The summed E-state index contributed by atoms with van der Waals surface area (Å²) in [5.74, 6) is 0. The molecule has 0 spiro atoms. The minimum atomic E-state index is 1.25. The molecule has 6 aromatic rings. The second-order valence-electron chi connectivity index (χ2n) is 7.83. The van der Waals surface area contributed by atoms with Gasteiger partial charge in [0.15, 0.2) is 0 Å². The first kappa shape index (κ1) is 17.0. The van der Waals surface area contributed by atoms with Crippen molar-refractivity contribution >= 4 is 32.3 Å². The van der Waals surface area contributed by atoms with Crippen LogP contribution in [0.1, 0.15) is 0 Å². The van der Waals surface area contributed by atoms with E-state index in [0.717, 1.165) is 0 Å². The second-order valence-corrected chi connectivity index (χ2v) is 7.83. The molecular formula is C30H20. The highest BCUT2D eigenvalue weighted by molar-refractivity contribution is 6.21. The van der Waals surface area contributed by atoms with Crippen LogP contribution in [0.15, 0.2) is 121 Å². The Morgan fingerprint density at radius 2 is 0.700 bits per heavy atom. The zero-order chi connectivity index (χ0) is 19.9. The maximum absolute atomic E-state index is 2.35. The van der Waals surface area contributed by atoms with Gasteiger partial charge in [0.1, 0.15) is 0 Å². The van der Waals surface area contributed by atoms with Gasteiger partial charge in [-0.3, -0.25) is 0 Å². The fraction of sp³-hybridized carbons (Fsp3) is 0. The molecule has 0 heteroatoms. The molecule has 0 radical (unpaired) electrons. The fourth-order valence-corrected chi connectivity index (χ4v) is 4.49. The van der Waals surface area contributed by atoms with Gasteiger partial charge in [-0.05, 0) is 66.7 Å². The van der Waals surface area contributed by atoms with Crippen LogP contribution in [-0.4, -0.2) is 0 Å². The third-order valence-electron chi connectivity index (χ3n) is 6.03. The van der Waals surface area contributed by atoms with Crippen LogP contribution in [0.5, 0.6) is 0 Å². The molecule has 6 rings (SSSR count). The third-order valence-corrected chi connectivity index (χ3v) is 6.03. The summed E-state index contributed by atoms with van der Waals surface area (Å²) in [5, 5.41) is 7.79. The molecule has 0 aliphatic carbocycles. The normalized spacial score (nSPS) is 11.3. The molecule has 0 fully saturated rings. The second kappa shape index (κ2) is 6.86. The Bertz CT molecular complexity index is 1400. The van der Waals surface area contributed by atoms with E-state index in [2.05, 4.69) is 121 Å². The van der Waals surface area contributed by atoms with Crippen LogP contribution in [0.4, 0.5) is 0 Å². The van der Waals surface area contributed by atoms with Gasteiger partial charge in [0, 0.05) is 0 Å². The quantitative estimate of drug-likeness (QED) is 0.264. The summed E-state index contributed by atoms with van der Waals surface area (Å²) in [4.78, 5) is 0. The lowest BCUT2D eigenvalue weighted by molar-refractivity contribution is 1.64. The van der Waals surface area contributed by atoms with Crippen LogP contribution in [0.25, 0.3) is 54.6 Å². The van der Waals surface area contributed by atoms with Crippen molar-refractivity contribution < 1.29 is 0 Å². The van der Waals surface area contributed by atoms with Crippen molar-refractivity contribution in [2.24, 2.45) is 0 Å². The van der Waals surface area contributed by atoms with Gasteiger partial charge < -0.3 is 0 Å². The SMILES string of the molecule is c1ccc(-c2ccc3ccc4ccc5ccc(-c6ccccc6)cc5c4c3c2)cc1.